The van der Waals surface area contributed by atoms with Crippen molar-refractivity contribution in [1.82, 2.24) is 10.3 Å². The van der Waals surface area contributed by atoms with Crippen molar-refractivity contribution in [3.63, 3.8) is 0 Å². The molecule has 0 saturated heterocycles. The Morgan fingerprint density at radius 1 is 1.35 bits per heavy atom. The first-order chi connectivity index (χ1) is 9.63. The Morgan fingerprint density at radius 3 is 2.85 bits per heavy atom. The topological polar surface area (TPSA) is 80.3 Å². The molecule has 0 radical (unpaired) electrons. The van der Waals surface area contributed by atoms with E-state index in [-0.39, 0.29) is 11.8 Å². The summed E-state index contributed by atoms with van der Waals surface area (Å²) in [4.78, 5) is 28.4. The number of rotatable bonds is 5. The van der Waals surface area contributed by atoms with Crippen molar-refractivity contribution in [3.8, 4) is 0 Å². The molecular formula is C12H13N3O3S2. The SMILES string of the molecule is CNC(=O)c1cnc(NC(=O)c2cc(COC)cs2)s1. The van der Waals surface area contributed by atoms with Gasteiger partial charge in [0.15, 0.2) is 5.13 Å². The van der Waals surface area contributed by atoms with Crippen LogP contribution in [0.3, 0.4) is 0 Å². The fourth-order valence-electron chi connectivity index (χ4n) is 1.46. The van der Waals surface area contributed by atoms with Crippen LogP contribution in [0.1, 0.15) is 24.9 Å². The number of thiazole rings is 1. The van der Waals surface area contributed by atoms with E-state index in [2.05, 4.69) is 15.6 Å². The summed E-state index contributed by atoms with van der Waals surface area (Å²) in [5.74, 6) is -0.461. The number of hydrogen-bond acceptors (Lipinski definition) is 6. The smallest absolute Gasteiger partial charge is 0.267 e. The van der Waals surface area contributed by atoms with Gasteiger partial charge in [-0.2, -0.15) is 0 Å². The predicted octanol–water partition coefficient (Wildman–Crippen LogP) is 1.96. The zero-order chi connectivity index (χ0) is 14.5. The molecule has 8 heteroatoms. The van der Waals surface area contributed by atoms with Gasteiger partial charge in [-0.15, -0.1) is 11.3 Å². The van der Waals surface area contributed by atoms with E-state index >= 15 is 0 Å². The number of amides is 2. The summed E-state index contributed by atoms with van der Waals surface area (Å²) in [6.07, 6.45) is 1.43. The highest BCUT2D eigenvalue weighted by Crippen LogP contribution is 2.21. The normalized spacial score (nSPS) is 10.3. The molecule has 0 saturated carbocycles. The summed E-state index contributed by atoms with van der Waals surface area (Å²) in [5.41, 5.74) is 0.952. The molecule has 2 aromatic heterocycles. The Hall–Kier alpha value is -1.77. The number of nitrogens with zero attached hydrogens (tertiary/aromatic N) is 1. The lowest BCUT2D eigenvalue weighted by Gasteiger charge is -1.98. The second-order valence-electron chi connectivity index (χ2n) is 3.82. The number of nitrogens with one attached hydrogen (secondary N) is 2. The Bertz CT molecular complexity index is 621. The fourth-order valence-corrected chi connectivity index (χ4v) is 3.01. The van der Waals surface area contributed by atoms with E-state index in [4.69, 9.17) is 4.74 Å². The number of ether oxygens (including phenoxy) is 1. The van der Waals surface area contributed by atoms with Gasteiger partial charge in [0.2, 0.25) is 0 Å². The number of carbonyl (C=O) groups is 2. The van der Waals surface area contributed by atoms with Gasteiger partial charge < -0.3 is 10.1 Å². The van der Waals surface area contributed by atoms with E-state index < -0.39 is 0 Å². The highest BCUT2D eigenvalue weighted by molar-refractivity contribution is 7.17. The van der Waals surface area contributed by atoms with Crippen LogP contribution in [-0.2, 0) is 11.3 Å². The molecule has 0 unspecified atom stereocenters. The van der Waals surface area contributed by atoms with E-state index in [1.54, 1.807) is 20.2 Å². The van der Waals surface area contributed by atoms with Gasteiger partial charge in [-0.25, -0.2) is 4.98 Å². The van der Waals surface area contributed by atoms with Gasteiger partial charge in [0.05, 0.1) is 17.7 Å². The number of aromatic nitrogens is 1. The number of anilines is 1. The summed E-state index contributed by atoms with van der Waals surface area (Å²) in [5, 5.41) is 7.44. The van der Waals surface area contributed by atoms with Crippen molar-refractivity contribution >= 4 is 39.6 Å². The maximum absolute atomic E-state index is 12.0. The summed E-state index contributed by atoms with van der Waals surface area (Å²) in [7, 11) is 3.15. The van der Waals surface area contributed by atoms with Crippen molar-refractivity contribution in [2.75, 3.05) is 19.5 Å². The molecule has 2 N–H and O–H groups in total. The largest absolute Gasteiger partial charge is 0.380 e. The summed E-state index contributed by atoms with van der Waals surface area (Å²) in [6, 6.07) is 1.77. The van der Waals surface area contributed by atoms with Crippen LogP contribution in [-0.4, -0.2) is 31.0 Å². The van der Waals surface area contributed by atoms with Crippen LogP contribution in [0.4, 0.5) is 5.13 Å². The molecule has 0 aliphatic carbocycles. The van der Waals surface area contributed by atoms with Gasteiger partial charge in [-0.05, 0) is 17.0 Å². The molecule has 0 aliphatic rings. The third-order valence-electron chi connectivity index (χ3n) is 2.37. The third-order valence-corrected chi connectivity index (χ3v) is 4.25. The average Bonchev–Trinajstić information content (AvgIpc) is 3.07. The van der Waals surface area contributed by atoms with Crippen LogP contribution in [0.5, 0.6) is 0 Å². The zero-order valence-corrected chi connectivity index (χ0v) is 12.6. The predicted molar refractivity (Wildman–Crippen MR) is 78.5 cm³/mol. The second kappa shape index (κ2) is 6.60. The first-order valence-corrected chi connectivity index (χ1v) is 7.39. The molecule has 0 spiro atoms. The number of methoxy groups -OCH3 is 1. The van der Waals surface area contributed by atoms with Gasteiger partial charge >= 0.3 is 0 Å². The Kier molecular flexibility index (Phi) is 4.83. The Balaban J connectivity index is 2.03. The summed E-state index contributed by atoms with van der Waals surface area (Å²) >= 11 is 2.47. The monoisotopic (exact) mass is 311 g/mol. The van der Waals surface area contributed by atoms with Crippen molar-refractivity contribution in [2.45, 2.75) is 6.61 Å². The molecule has 0 aromatic carbocycles. The molecule has 20 heavy (non-hydrogen) atoms. The standard InChI is InChI=1S/C12H13N3O3S2/c1-13-10(16)9-4-14-12(20-9)15-11(17)8-3-7(5-18-2)6-19-8/h3-4,6H,5H2,1-2H3,(H,13,16)(H,14,15,17). The second-order valence-corrected chi connectivity index (χ2v) is 5.76. The van der Waals surface area contributed by atoms with Gasteiger partial charge in [0.1, 0.15) is 4.88 Å². The van der Waals surface area contributed by atoms with Crippen molar-refractivity contribution in [2.24, 2.45) is 0 Å². The summed E-state index contributed by atoms with van der Waals surface area (Å²) in [6.45, 7) is 0.474. The molecule has 2 amide bonds. The lowest BCUT2D eigenvalue weighted by Crippen LogP contribution is -2.16. The third kappa shape index (κ3) is 3.41. The van der Waals surface area contributed by atoms with Gasteiger partial charge in [0, 0.05) is 14.2 Å². The molecule has 0 bridgehead atoms. The Morgan fingerprint density at radius 2 is 2.15 bits per heavy atom. The highest BCUT2D eigenvalue weighted by atomic mass is 32.1. The van der Waals surface area contributed by atoms with Gasteiger partial charge in [0.25, 0.3) is 11.8 Å². The number of hydrogen-bond donors (Lipinski definition) is 2. The molecular weight excluding hydrogens is 298 g/mol. The lowest BCUT2D eigenvalue weighted by atomic mass is 10.3. The van der Waals surface area contributed by atoms with E-state index in [1.807, 2.05) is 5.38 Å². The summed E-state index contributed by atoms with van der Waals surface area (Å²) < 4.78 is 5.00. The maximum atomic E-state index is 12.0. The molecule has 2 heterocycles. The van der Waals surface area contributed by atoms with Crippen molar-refractivity contribution in [1.29, 1.82) is 0 Å². The molecule has 0 aliphatic heterocycles. The fraction of sp³-hybridized carbons (Fsp3) is 0.250. The molecule has 106 valence electrons. The minimum Gasteiger partial charge on any atom is -0.380 e. The lowest BCUT2D eigenvalue weighted by molar-refractivity contribution is 0.0965. The Labute approximate surface area is 123 Å². The first kappa shape index (κ1) is 14.6. The van der Waals surface area contributed by atoms with Crippen LogP contribution >= 0.6 is 22.7 Å². The number of thiophene rings is 1. The van der Waals surface area contributed by atoms with E-state index in [0.29, 0.717) is 21.5 Å². The average molecular weight is 311 g/mol. The van der Waals surface area contributed by atoms with Crippen LogP contribution in [0.2, 0.25) is 0 Å². The van der Waals surface area contributed by atoms with Crippen molar-refractivity contribution in [3.05, 3.63) is 33.0 Å². The van der Waals surface area contributed by atoms with E-state index in [0.717, 1.165) is 16.9 Å². The quantitative estimate of drug-likeness (QED) is 0.884. The molecule has 2 rings (SSSR count). The van der Waals surface area contributed by atoms with Crippen LogP contribution < -0.4 is 10.6 Å². The highest BCUT2D eigenvalue weighted by Gasteiger charge is 2.13. The van der Waals surface area contributed by atoms with Crippen molar-refractivity contribution < 1.29 is 14.3 Å². The minimum atomic E-state index is -0.241. The van der Waals surface area contributed by atoms with E-state index in [1.165, 1.54) is 17.5 Å². The molecule has 2 aromatic rings. The van der Waals surface area contributed by atoms with E-state index in [9.17, 15) is 9.59 Å². The van der Waals surface area contributed by atoms with Crippen LogP contribution in [0.15, 0.2) is 17.6 Å². The molecule has 0 atom stereocenters. The molecule has 6 nitrogen and oxygen atoms in total. The maximum Gasteiger partial charge on any atom is 0.267 e. The van der Waals surface area contributed by atoms with Gasteiger partial charge in [-0.1, -0.05) is 11.3 Å². The van der Waals surface area contributed by atoms with Crippen LogP contribution in [0.25, 0.3) is 0 Å². The van der Waals surface area contributed by atoms with Gasteiger partial charge in [-0.3, -0.25) is 14.9 Å². The van der Waals surface area contributed by atoms with Crippen LogP contribution in [0, 0.1) is 0 Å². The molecule has 0 fully saturated rings. The minimum absolute atomic E-state index is 0.221. The number of carbonyl (C=O) groups excluding carboxylic acids is 2. The zero-order valence-electron chi connectivity index (χ0n) is 10.9. The first-order valence-electron chi connectivity index (χ1n) is 5.69.